The number of aliphatic carboxylic acids is 1. The Morgan fingerprint density at radius 1 is 1.09 bits per heavy atom. The molecule has 2 aromatic carbocycles. The molecule has 0 radical (unpaired) electrons. The van der Waals surface area contributed by atoms with Crippen LogP contribution >= 0.6 is 11.8 Å². The van der Waals surface area contributed by atoms with E-state index in [1.54, 1.807) is 18.7 Å². The number of rotatable bonds is 7. The standard InChI is InChI=1S/C24H27F3N2O4S/c1-14(2)29(22(32)28-17-6-8-19(9-7-17)33-24(25,26)27)18-11-15-5-10-20(13-16(15)12-18)34-23(3,4)21(30)31/h5-10,13-14,18H,11-12H2,1-4H3,(H,28,32)(H,30,31). The smallest absolute Gasteiger partial charge is 0.480 e. The number of anilines is 1. The lowest BCUT2D eigenvalue weighted by molar-refractivity contribution is -0.274. The van der Waals surface area contributed by atoms with Gasteiger partial charge in [0.05, 0.1) is 0 Å². The van der Waals surface area contributed by atoms with Crippen molar-refractivity contribution in [1.82, 2.24) is 4.90 Å². The van der Waals surface area contributed by atoms with E-state index in [0.717, 1.165) is 28.2 Å². The zero-order valence-electron chi connectivity index (χ0n) is 19.3. The molecule has 0 aliphatic heterocycles. The van der Waals surface area contributed by atoms with Gasteiger partial charge in [0.25, 0.3) is 0 Å². The zero-order valence-corrected chi connectivity index (χ0v) is 20.1. The molecule has 0 saturated carbocycles. The number of fused-ring (bicyclic) bond motifs is 1. The number of carbonyl (C=O) groups excluding carboxylic acids is 1. The quantitative estimate of drug-likeness (QED) is 0.463. The first-order chi connectivity index (χ1) is 15.7. The number of nitrogens with zero attached hydrogens (tertiary/aromatic N) is 1. The predicted octanol–water partition coefficient (Wildman–Crippen LogP) is 5.95. The Balaban J connectivity index is 1.70. The number of halogens is 3. The van der Waals surface area contributed by atoms with Crippen molar-refractivity contribution in [2.24, 2.45) is 0 Å². The third kappa shape index (κ3) is 6.37. The molecule has 34 heavy (non-hydrogen) atoms. The highest BCUT2D eigenvalue weighted by molar-refractivity contribution is 8.01. The minimum Gasteiger partial charge on any atom is -0.480 e. The van der Waals surface area contributed by atoms with E-state index in [1.807, 2.05) is 32.0 Å². The molecule has 0 bridgehead atoms. The number of carboxylic acid groups (broad SMARTS) is 1. The summed E-state index contributed by atoms with van der Waals surface area (Å²) in [6, 6.07) is 10.3. The van der Waals surface area contributed by atoms with E-state index in [0.29, 0.717) is 18.5 Å². The first-order valence-corrected chi connectivity index (χ1v) is 11.6. The SMILES string of the molecule is CC(C)N(C(=O)Nc1ccc(OC(F)(F)F)cc1)C1Cc2ccc(SC(C)(C)C(=O)O)cc2C1. The van der Waals surface area contributed by atoms with Crippen LogP contribution in [0, 0.1) is 0 Å². The molecule has 2 N–H and O–H groups in total. The van der Waals surface area contributed by atoms with Crippen molar-refractivity contribution in [2.75, 3.05) is 5.32 Å². The summed E-state index contributed by atoms with van der Waals surface area (Å²) in [7, 11) is 0. The highest BCUT2D eigenvalue weighted by atomic mass is 32.2. The molecule has 0 spiro atoms. The topological polar surface area (TPSA) is 78.9 Å². The van der Waals surface area contributed by atoms with Gasteiger partial charge in [0.15, 0.2) is 0 Å². The Bertz CT molecular complexity index is 1060. The summed E-state index contributed by atoms with van der Waals surface area (Å²) in [5.41, 5.74) is 2.54. The van der Waals surface area contributed by atoms with E-state index < -0.39 is 17.1 Å². The summed E-state index contributed by atoms with van der Waals surface area (Å²) < 4.78 is 39.9. The average Bonchev–Trinajstić information content (AvgIpc) is 3.10. The molecule has 1 aliphatic rings. The van der Waals surface area contributed by atoms with Gasteiger partial charge in [-0.3, -0.25) is 4.79 Å². The van der Waals surface area contributed by atoms with Crippen LogP contribution in [0.25, 0.3) is 0 Å². The van der Waals surface area contributed by atoms with Crippen LogP contribution in [0.1, 0.15) is 38.8 Å². The third-order valence-corrected chi connectivity index (χ3v) is 6.67. The van der Waals surface area contributed by atoms with Crippen LogP contribution in [0.5, 0.6) is 5.75 Å². The highest BCUT2D eigenvalue weighted by Crippen LogP contribution is 2.36. The van der Waals surface area contributed by atoms with Crippen LogP contribution in [0.2, 0.25) is 0 Å². The average molecular weight is 497 g/mol. The van der Waals surface area contributed by atoms with Crippen LogP contribution in [-0.2, 0) is 17.6 Å². The molecule has 10 heteroatoms. The second kappa shape index (κ2) is 9.77. The molecule has 0 heterocycles. The predicted molar refractivity (Wildman–Crippen MR) is 124 cm³/mol. The first-order valence-electron chi connectivity index (χ1n) is 10.7. The molecule has 2 aromatic rings. The number of thioether (sulfide) groups is 1. The summed E-state index contributed by atoms with van der Waals surface area (Å²) in [4.78, 5) is 27.1. The molecular weight excluding hydrogens is 469 g/mol. The number of nitrogens with one attached hydrogen (secondary N) is 1. The lowest BCUT2D eigenvalue weighted by Gasteiger charge is -2.32. The van der Waals surface area contributed by atoms with Crippen LogP contribution in [0.4, 0.5) is 23.7 Å². The molecule has 1 unspecified atom stereocenters. The zero-order chi connectivity index (χ0) is 25.3. The highest BCUT2D eigenvalue weighted by Gasteiger charge is 2.34. The van der Waals surface area contributed by atoms with Gasteiger partial charge in [-0.05, 0) is 88.1 Å². The summed E-state index contributed by atoms with van der Waals surface area (Å²) in [5.74, 6) is -1.26. The number of hydrogen-bond acceptors (Lipinski definition) is 4. The summed E-state index contributed by atoms with van der Waals surface area (Å²) in [5, 5.41) is 12.1. The number of urea groups is 1. The van der Waals surface area contributed by atoms with Crippen molar-refractivity contribution in [3.05, 3.63) is 53.6 Å². The molecule has 3 rings (SSSR count). The Morgan fingerprint density at radius 3 is 2.26 bits per heavy atom. The van der Waals surface area contributed by atoms with Crippen LogP contribution in [0.3, 0.4) is 0 Å². The van der Waals surface area contributed by atoms with Crippen LogP contribution in [-0.4, -0.2) is 45.2 Å². The maximum atomic E-state index is 13.1. The lowest BCUT2D eigenvalue weighted by atomic mass is 10.1. The van der Waals surface area contributed by atoms with Crippen LogP contribution in [0.15, 0.2) is 47.4 Å². The Morgan fingerprint density at radius 2 is 1.71 bits per heavy atom. The second-order valence-electron chi connectivity index (χ2n) is 8.91. The lowest BCUT2D eigenvalue weighted by Crippen LogP contribution is -2.47. The van der Waals surface area contributed by atoms with Crippen molar-refractivity contribution >= 4 is 29.4 Å². The Hall–Kier alpha value is -2.88. The number of carboxylic acids is 1. The largest absolute Gasteiger partial charge is 0.573 e. The van der Waals surface area contributed by atoms with Gasteiger partial charge in [-0.15, -0.1) is 24.9 Å². The fourth-order valence-corrected chi connectivity index (χ4v) is 4.93. The third-order valence-electron chi connectivity index (χ3n) is 5.50. The normalized spacial score (nSPS) is 15.7. The number of ether oxygens (including phenoxy) is 1. The summed E-state index contributed by atoms with van der Waals surface area (Å²) in [6.45, 7) is 7.12. The monoisotopic (exact) mass is 496 g/mol. The van der Waals surface area contributed by atoms with Gasteiger partial charge in [0.1, 0.15) is 10.5 Å². The van der Waals surface area contributed by atoms with E-state index in [4.69, 9.17) is 0 Å². The first kappa shape index (κ1) is 25.7. The van der Waals surface area contributed by atoms with E-state index in [-0.39, 0.29) is 23.9 Å². The van der Waals surface area contributed by atoms with E-state index in [9.17, 15) is 27.9 Å². The molecule has 1 atom stereocenters. The summed E-state index contributed by atoms with van der Waals surface area (Å²) in [6.07, 6.45) is -3.49. The Kier molecular flexibility index (Phi) is 7.40. The minimum atomic E-state index is -4.78. The van der Waals surface area contributed by atoms with E-state index >= 15 is 0 Å². The van der Waals surface area contributed by atoms with Gasteiger partial charge in [0.2, 0.25) is 0 Å². The molecule has 0 saturated heterocycles. The van der Waals surface area contributed by atoms with Crippen molar-refractivity contribution < 1.29 is 32.6 Å². The minimum absolute atomic E-state index is 0.101. The fourth-order valence-electron chi connectivity index (χ4n) is 3.92. The summed E-state index contributed by atoms with van der Waals surface area (Å²) >= 11 is 1.28. The van der Waals surface area contributed by atoms with Gasteiger partial charge in [-0.2, -0.15) is 0 Å². The maximum absolute atomic E-state index is 13.1. The molecule has 0 aromatic heterocycles. The number of hydrogen-bond donors (Lipinski definition) is 2. The van der Waals surface area contributed by atoms with Crippen LogP contribution < -0.4 is 10.1 Å². The van der Waals surface area contributed by atoms with Gasteiger partial charge >= 0.3 is 18.4 Å². The van der Waals surface area contributed by atoms with Gasteiger partial charge in [-0.25, -0.2) is 4.79 Å². The molecular formula is C24H27F3N2O4S. The number of benzene rings is 2. The molecule has 0 fully saturated rings. The molecule has 1 aliphatic carbocycles. The van der Waals surface area contributed by atoms with Gasteiger partial charge in [-0.1, -0.05) is 6.07 Å². The molecule has 184 valence electrons. The van der Waals surface area contributed by atoms with Crippen molar-refractivity contribution in [2.45, 2.75) is 68.6 Å². The number of amides is 2. The van der Waals surface area contributed by atoms with E-state index in [2.05, 4.69) is 10.1 Å². The van der Waals surface area contributed by atoms with Gasteiger partial charge in [0, 0.05) is 22.7 Å². The van der Waals surface area contributed by atoms with Crippen molar-refractivity contribution in [3.8, 4) is 5.75 Å². The van der Waals surface area contributed by atoms with Crippen molar-refractivity contribution in [3.63, 3.8) is 0 Å². The number of alkyl halides is 3. The van der Waals surface area contributed by atoms with Crippen molar-refractivity contribution in [1.29, 1.82) is 0 Å². The second-order valence-corrected chi connectivity index (χ2v) is 10.6. The maximum Gasteiger partial charge on any atom is 0.573 e. The molecule has 6 nitrogen and oxygen atoms in total. The number of carbonyl (C=O) groups is 2. The Labute approximate surface area is 200 Å². The van der Waals surface area contributed by atoms with E-state index in [1.165, 1.54) is 23.9 Å². The molecule has 2 amide bonds. The van der Waals surface area contributed by atoms with Gasteiger partial charge < -0.3 is 20.1 Å². The fraction of sp³-hybridized carbons (Fsp3) is 0.417.